The Morgan fingerprint density at radius 2 is 1.48 bits per heavy atom. The Balaban J connectivity index is 1.58. The van der Waals surface area contributed by atoms with Crippen molar-refractivity contribution in [3.05, 3.63) is 71.8 Å². The predicted octanol–water partition coefficient (Wildman–Crippen LogP) is 4.19. The fourth-order valence-corrected chi connectivity index (χ4v) is 4.78. The van der Waals surface area contributed by atoms with Crippen LogP contribution in [0, 0.1) is 0 Å². The van der Waals surface area contributed by atoms with Crippen LogP contribution in [0.5, 0.6) is 0 Å². The molecule has 3 amide bonds. The summed E-state index contributed by atoms with van der Waals surface area (Å²) in [4.78, 5) is 51.6. The van der Waals surface area contributed by atoms with Gasteiger partial charge in [0.1, 0.15) is 24.3 Å². The van der Waals surface area contributed by atoms with Gasteiger partial charge >= 0.3 is 12.1 Å². The number of benzene rings is 2. The molecule has 2 aromatic carbocycles. The average Bonchev–Trinajstić information content (AvgIpc) is 2.99. The van der Waals surface area contributed by atoms with Crippen LogP contribution in [0.1, 0.15) is 69.9 Å². The standard InChI is InChI=1S/C31H41N3O6/c1-3-31(4-2,29(37)40-25-18-12-7-13-19-25)34-27(35)21-32-28(36)26(20-23-14-8-5-9-15-23)33-30(38)39-22-24-16-10-6-11-17-24/h5-6,8-11,14-17,25-26H,3-4,7,12-13,18-22H2,1-2H3,(H,32,36)(H,33,38)(H,34,35)/t26-/m0/s1. The molecule has 0 aliphatic heterocycles. The van der Waals surface area contributed by atoms with E-state index in [4.69, 9.17) is 9.47 Å². The molecule has 0 radical (unpaired) electrons. The van der Waals surface area contributed by atoms with Gasteiger partial charge in [0.15, 0.2) is 0 Å². The number of hydrogen-bond acceptors (Lipinski definition) is 6. The van der Waals surface area contributed by atoms with E-state index in [0.29, 0.717) is 12.8 Å². The number of carbonyl (C=O) groups excluding carboxylic acids is 4. The fourth-order valence-electron chi connectivity index (χ4n) is 4.78. The van der Waals surface area contributed by atoms with Crippen LogP contribution in [0.3, 0.4) is 0 Å². The molecule has 3 N–H and O–H groups in total. The highest BCUT2D eigenvalue weighted by Crippen LogP contribution is 2.24. The number of carbonyl (C=O) groups is 4. The molecule has 9 nitrogen and oxygen atoms in total. The first-order valence-corrected chi connectivity index (χ1v) is 14.2. The Morgan fingerprint density at radius 3 is 2.08 bits per heavy atom. The van der Waals surface area contributed by atoms with Gasteiger partial charge in [-0.2, -0.15) is 0 Å². The van der Waals surface area contributed by atoms with Gasteiger partial charge in [0.2, 0.25) is 11.8 Å². The Hall–Kier alpha value is -3.88. The van der Waals surface area contributed by atoms with Crippen molar-refractivity contribution in [3.63, 3.8) is 0 Å². The number of amides is 3. The molecule has 216 valence electrons. The van der Waals surface area contributed by atoms with Crippen molar-refractivity contribution < 1.29 is 28.7 Å². The Morgan fingerprint density at radius 1 is 0.875 bits per heavy atom. The molecule has 0 aromatic heterocycles. The molecule has 0 unspecified atom stereocenters. The molecule has 0 heterocycles. The lowest BCUT2D eigenvalue weighted by molar-refractivity contribution is -0.161. The van der Waals surface area contributed by atoms with Gasteiger partial charge in [-0.25, -0.2) is 9.59 Å². The zero-order valence-electron chi connectivity index (χ0n) is 23.4. The van der Waals surface area contributed by atoms with E-state index in [1.54, 1.807) is 0 Å². The third kappa shape index (κ3) is 9.39. The lowest BCUT2D eigenvalue weighted by Gasteiger charge is -2.33. The van der Waals surface area contributed by atoms with Crippen LogP contribution in [0.15, 0.2) is 60.7 Å². The number of hydrogen-bond donors (Lipinski definition) is 3. The van der Waals surface area contributed by atoms with Crippen molar-refractivity contribution in [3.8, 4) is 0 Å². The molecule has 3 rings (SSSR count). The molecule has 0 saturated heterocycles. The second-order valence-electron chi connectivity index (χ2n) is 10.2. The first-order valence-electron chi connectivity index (χ1n) is 14.2. The van der Waals surface area contributed by atoms with Crippen molar-refractivity contribution in [2.45, 2.75) is 89.5 Å². The summed E-state index contributed by atoms with van der Waals surface area (Å²) >= 11 is 0. The van der Waals surface area contributed by atoms with Crippen LogP contribution >= 0.6 is 0 Å². The SMILES string of the molecule is CCC(CC)(NC(=O)CNC(=O)[C@H](Cc1ccccc1)NC(=O)OCc1ccccc1)C(=O)OC1CCCCC1. The first-order chi connectivity index (χ1) is 19.3. The van der Waals surface area contributed by atoms with E-state index in [0.717, 1.165) is 43.2 Å². The van der Waals surface area contributed by atoms with Crippen molar-refractivity contribution in [2.24, 2.45) is 0 Å². The maximum Gasteiger partial charge on any atom is 0.408 e. The van der Waals surface area contributed by atoms with Crippen LogP contribution in [-0.4, -0.2) is 48.1 Å². The normalized spacial score (nSPS) is 14.4. The lowest BCUT2D eigenvalue weighted by atomic mass is 9.92. The van der Waals surface area contributed by atoms with Gasteiger partial charge in [-0.05, 0) is 49.7 Å². The summed E-state index contributed by atoms with van der Waals surface area (Å²) in [5.74, 6) is -1.49. The monoisotopic (exact) mass is 551 g/mol. The molecule has 1 aliphatic carbocycles. The molecule has 9 heteroatoms. The molecule has 0 bridgehead atoms. The highest BCUT2D eigenvalue weighted by molar-refractivity contribution is 5.92. The summed E-state index contributed by atoms with van der Waals surface area (Å²) in [6.07, 6.45) is 4.93. The van der Waals surface area contributed by atoms with Crippen molar-refractivity contribution >= 4 is 23.9 Å². The largest absolute Gasteiger partial charge is 0.461 e. The maximum absolute atomic E-state index is 13.1. The molecule has 1 atom stereocenters. The van der Waals surface area contributed by atoms with Gasteiger partial charge in [-0.1, -0.05) is 80.9 Å². The maximum atomic E-state index is 13.1. The van der Waals surface area contributed by atoms with Gasteiger partial charge in [0.05, 0.1) is 6.54 Å². The molecule has 2 aromatic rings. The summed E-state index contributed by atoms with van der Waals surface area (Å²) in [6, 6.07) is 17.5. The first kappa shape index (κ1) is 30.7. The smallest absolute Gasteiger partial charge is 0.408 e. The number of nitrogens with one attached hydrogen (secondary N) is 3. The van der Waals surface area contributed by atoms with Gasteiger partial charge in [0.25, 0.3) is 0 Å². The highest BCUT2D eigenvalue weighted by Gasteiger charge is 2.39. The number of esters is 1. The minimum atomic E-state index is -1.16. The predicted molar refractivity (Wildman–Crippen MR) is 151 cm³/mol. The molecule has 0 spiro atoms. The molecule has 1 aliphatic rings. The van der Waals surface area contributed by atoms with E-state index in [2.05, 4.69) is 16.0 Å². The molecule has 1 saturated carbocycles. The van der Waals surface area contributed by atoms with E-state index >= 15 is 0 Å². The number of ether oxygens (including phenoxy) is 2. The van der Waals surface area contributed by atoms with Crippen molar-refractivity contribution in [1.82, 2.24) is 16.0 Å². The molecule has 1 fully saturated rings. The second-order valence-corrected chi connectivity index (χ2v) is 10.2. The third-order valence-corrected chi connectivity index (χ3v) is 7.33. The van der Waals surface area contributed by atoms with Crippen LogP contribution in [0.25, 0.3) is 0 Å². The quantitative estimate of drug-likeness (QED) is 0.321. The van der Waals surface area contributed by atoms with E-state index < -0.39 is 35.5 Å². The minimum absolute atomic E-state index is 0.0574. The fraction of sp³-hybridized carbons (Fsp3) is 0.484. The highest BCUT2D eigenvalue weighted by atomic mass is 16.6. The third-order valence-electron chi connectivity index (χ3n) is 7.33. The van der Waals surface area contributed by atoms with E-state index in [9.17, 15) is 19.2 Å². The van der Waals surface area contributed by atoms with E-state index in [1.165, 1.54) is 0 Å². The minimum Gasteiger partial charge on any atom is -0.461 e. The summed E-state index contributed by atoms with van der Waals surface area (Å²) in [5, 5.41) is 8.02. The topological polar surface area (TPSA) is 123 Å². The van der Waals surface area contributed by atoms with E-state index in [-0.39, 0.29) is 25.7 Å². The van der Waals surface area contributed by atoms with Crippen LogP contribution in [0.2, 0.25) is 0 Å². The second kappa shape index (κ2) is 15.6. The van der Waals surface area contributed by atoms with Crippen molar-refractivity contribution in [2.75, 3.05) is 6.54 Å². The summed E-state index contributed by atoms with van der Waals surface area (Å²) < 4.78 is 11.1. The van der Waals surface area contributed by atoms with Gasteiger partial charge in [-0.15, -0.1) is 0 Å². The zero-order valence-corrected chi connectivity index (χ0v) is 23.4. The van der Waals surface area contributed by atoms with Crippen LogP contribution < -0.4 is 16.0 Å². The van der Waals surface area contributed by atoms with Gasteiger partial charge < -0.3 is 25.4 Å². The molecular formula is C31H41N3O6. The van der Waals surface area contributed by atoms with Crippen LogP contribution in [0.4, 0.5) is 4.79 Å². The summed E-state index contributed by atoms with van der Waals surface area (Å²) in [5.41, 5.74) is 0.481. The summed E-state index contributed by atoms with van der Waals surface area (Å²) in [7, 11) is 0. The molecule has 40 heavy (non-hydrogen) atoms. The van der Waals surface area contributed by atoms with Gasteiger partial charge in [0, 0.05) is 6.42 Å². The van der Waals surface area contributed by atoms with Crippen molar-refractivity contribution in [1.29, 1.82) is 0 Å². The van der Waals surface area contributed by atoms with E-state index in [1.807, 2.05) is 74.5 Å². The Kier molecular flexibility index (Phi) is 12.0. The number of alkyl carbamates (subject to hydrolysis) is 1. The Labute approximate surface area is 236 Å². The van der Waals surface area contributed by atoms with Gasteiger partial charge in [-0.3, -0.25) is 9.59 Å². The summed E-state index contributed by atoms with van der Waals surface area (Å²) in [6.45, 7) is 3.35. The molecular weight excluding hydrogens is 510 g/mol. The zero-order chi connectivity index (χ0) is 28.8. The average molecular weight is 552 g/mol. The van der Waals surface area contributed by atoms with Crippen LogP contribution in [-0.2, 0) is 36.9 Å². The Bertz CT molecular complexity index is 1100. The lowest BCUT2D eigenvalue weighted by Crippen LogP contribution is -2.58. The number of rotatable bonds is 13.